The van der Waals surface area contributed by atoms with Gasteiger partial charge in [-0.05, 0) is 37.3 Å². The van der Waals surface area contributed by atoms with Gasteiger partial charge in [-0.15, -0.1) is 0 Å². The molecule has 2 rings (SSSR count). The summed E-state index contributed by atoms with van der Waals surface area (Å²) in [5, 5.41) is 13.1. The number of alkyl halides is 3. The van der Waals surface area contributed by atoms with E-state index in [2.05, 4.69) is 10.5 Å². The monoisotopic (exact) mass is 322 g/mol. The third kappa shape index (κ3) is 4.32. The third-order valence-corrected chi connectivity index (χ3v) is 3.04. The van der Waals surface area contributed by atoms with E-state index < -0.39 is 17.6 Å². The molecule has 0 saturated heterocycles. The molecule has 2 aromatic rings. The van der Waals surface area contributed by atoms with Crippen LogP contribution in [0.25, 0.3) is 0 Å². The van der Waals surface area contributed by atoms with E-state index in [1.165, 1.54) is 0 Å². The number of phenolic OH excluding ortho intramolecular Hbond substituents is 1. The number of nitrogens with zero attached hydrogens (tertiary/aromatic N) is 1. The molecule has 23 heavy (non-hydrogen) atoms. The fourth-order valence-corrected chi connectivity index (χ4v) is 1.76. The highest BCUT2D eigenvalue weighted by Crippen LogP contribution is 2.31. The van der Waals surface area contributed by atoms with Gasteiger partial charge < -0.3 is 5.11 Å². The molecule has 0 aliphatic carbocycles. The molecule has 2 aromatic carbocycles. The van der Waals surface area contributed by atoms with Crippen molar-refractivity contribution in [3.63, 3.8) is 0 Å². The van der Waals surface area contributed by atoms with Gasteiger partial charge in [-0.3, -0.25) is 4.79 Å². The van der Waals surface area contributed by atoms with Gasteiger partial charge in [-0.25, -0.2) is 5.43 Å². The number of amides is 1. The minimum absolute atomic E-state index is 0.149. The zero-order chi connectivity index (χ0) is 17.0. The highest BCUT2D eigenvalue weighted by atomic mass is 19.4. The van der Waals surface area contributed by atoms with Crippen LogP contribution in [-0.4, -0.2) is 17.2 Å². The number of aromatic hydroxyl groups is 1. The van der Waals surface area contributed by atoms with Crippen molar-refractivity contribution < 1.29 is 23.1 Å². The van der Waals surface area contributed by atoms with E-state index in [0.29, 0.717) is 5.56 Å². The first-order chi connectivity index (χ1) is 10.8. The molecule has 0 bridgehead atoms. The Balaban J connectivity index is 2.11. The molecule has 0 spiro atoms. The van der Waals surface area contributed by atoms with Crippen LogP contribution in [0, 0.1) is 6.92 Å². The summed E-state index contributed by atoms with van der Waals surface area (Å²) in [5.74, 6) is -0.876. The van der Waals surface area contributed by atoms with Crippen LogP contribution in [0.3, 0.4) is 0 Å². The lowest BCUT2D eigenvalue weighted by Gasteiger charge is -2.08. The topological polar surface area (TPSA) is 61.7 Å². The van der Waals surface area contributed by atoms with Gasteiger partial charge in [0.1, 0.15) is 5.75 Å². The van der Waals surface area contributed by atoms with Gasteiger partial charge in [0, 0.05) is 11.1 Å². The standard InChI is InChI=1S/C16H13F3N2O2/c1-10-2-4-11(5-3-10)15(23)21-20-9-12-8-13(16(17,18)19)6-7-14(12)22/h2-9,22H,1H3,(H,21,23)/b20-9+. The molecule has 7 heteroatoms. The molecule has 0 saturated carbocycles. The second kappa shape index (κ2) is 6.51. The maximum atomic E-state index is 12.6. The molecule has 0 heterocycles. The molecule has 0 unspecified atom stereocenters. The van der Waals surface area contributed by atoms with Crippen LogP contribution in [0.5, 0.6) is 5.75 Å². The Morgan fingerprint density at radius 1 is 1.17 bits per heavy atom. The minimum Gasteiger partial charge on any atom is -0.507 e. The Hall–Kier alpha value is -2.83. The van der Waals surface area contributed by atoms with E-state index in [1.54, 1.807) is 24.3 Å². The predicted molar refractivity (Wildman–Crippen MR) is 79.3 cm³/mol. The summed E-state index contributed by atoms with van der Waals surface area (Å²) >= 11 is 0. The number of benzene rings is 2. The molecule has 2 N–H and O–H groups in total. The second-order valence-electron chi connectivity index (χ2n) is 4.84. The molecule has 120 valence electrons. The maximum absolute atomic E-state index is 12.6. The molecule has 0 fully saturated rings. The van der Waals surface area contributed by atoms with E-state index in [0.717, 1.165) is 30.0 Å². The van der Waals surface area contributed by atoms with E-state index >= 15 is 0 Å². The SMILES string of the molecule is Cc1ccc(C(=O)N/N=C/c2cc(C(F)(F)F)ccc2O)cc1. The van der Waals surface area contributed by atoms with E-state index in [1.807, 2.05) is 6.92 Å². The molecule has 0 aliphatic rings. The Kier molecular flexibility index (Phi) is 4.68. The van der Waals surface area contributed by atoms with Crippen molar-refractivity contribution in [3.05, 3.63) is 64.7 Å². The number of phenols is 1. The number of carbonyl (C=O) groups is 1. The lowest BCUT2D eigenvalue weighted by molar-refractivity contribution is -0.137. The van der Waals surface area contributed by atoms with Crippen molar-refractivity contribution in [2.75, 3.05) is 0 Å². The highest BCUT2D eigenvalue weighted by molar-refractivity contribution is 5.95. The van der Waals surface area contributed by atoms with Gasteiger partial charge in [0.15, 0.2) is 0 Å². The number of aryl methyl sites for hydroxylation is 1. The Labute approximate surface area is 130 Å². The highest BCUT2D eigenvalue weighted by Gasteiger charge is 2.30. The van der Waals surface area contributed by atoms with Crippen molar-refractivity contribution in [1.29, 1.82) is 0 Å². The van der Waals surface area contributed by atoms with Crippen molar-refractivity contribution in [1.82, 2.24) is 5.43 Å². The third-order valence-electron chi connectivity index (χ3n) is 3.04. The van der Waals surface area contributed by atoms with Gasteiger partial charge in [-0.2, -0.15) is 18.3 Å². The number of halogens is 3. The number of hydrogen-bond donors (Lipinski definition) is 2. The summed E-state index contributed by atoms with van der Waals surface area (Å²) in [5.41, 5.74) is 2.47. The first-order valence-electron chi connectivity index (χ1n) is 6.57. The lowest BCUT2D eigenvalue weighted by Crippen LogP contribution is -2.17. The van der Waals surface area contributed by atoms with Crippen LogP contribution in [-0.2, 0) is 6.18 Å². The molecule has 1 amide bonds. The van der Waals surface area contributed by atoms with Crippen LogP contribution < -0.4 is 5.43 Å². The normalized spacial score (nSPS) is 11.7. The maximum Gasteiger partial charge on any atom is 0.416 e. The average molecular weight is 322 g/mol. The van der Waals surface area contributed by atoms with Crippen molar-refractivity contribution >= 4 is 12.1 Å². The molecular weight excluding hydrogens is 309 g/mol. The molecule has 0 aromatic heterocycles. The molecule has 0 atom stereocenters. The molecule has 0 aliphatic heterocycles. The number of rotatable bonds is 3. The summed E-state index contributed by atoms with van der Waals surface area (Å²) in [6, 6.07) is 9.12. The fraction of sp³-hybridized carbons (Fsp3) is 0.125. The lowest BCUT2D eigenvalue weighted by atomic mass is 10.1. The summed E-state index contributed by atoms with van der Waals surface area (Å²) in [6.07, 6.45) is -3.57. The molecule has 4 nitrogen and oxygen atoms in total. The fourth-order valence-electron chi connectivity index (χ4n) is 1.76. The van der Waals surface area contributed by atoms with Gasteiger partial charge in [0.05, 0.1) is 11.8 Å². The second-order valence-corrected chi connectivity index (χ2v) is 4.84. The smallest absolute Gasteiger partial charge is 0.416 e. The molecular formula is C16H13F3N2O2. The Morgan fingerprint density at radius 2 is 1.83 bits per heavy atom. The predicted octanol–water partition coefficient (Wildman–Crippen LogP) is 3.48. The zero-order valence-corrected chi connectivity index (χ0v) is 12.1. The van der Waals surface area contributed by atoms with E-state index in [-0.39, 0.29) is 11.3 Å². The summed E-state index contributed by atoms with van der Waals surface area (Å²) in [4.78, 5) is 11.8. The largest absolute Gasteiger partial charge is 0.507 e. The van der Waals surface area contributed by atoms with E-state index in [4.69, 9.17) is 0 Å². The van der Waals surface area contributed by atoms with Gasteiger partial charge >= 0.3 is 6.18 Å². The van der Waals surface area contributed by atoms with Crippen LogP contribution in [0.4, 0.5) is 13.2 Å². The van der Waals surface area contributed by atoms with Crippen molar-refractivity contribution in [3.8, 4) is 5.75 Å². The Morgan fingerprint density at radius 3 is 2.43 bits per heavy atom. The molecule has 0 radical (unpaired) electrons. The van der Waals surface area contributed by atoms with Crippen molar-refractivity contribution in [2.24, 2.45) is 5.10 Å². The van der Waals surface area contributed by atoms with Gasteiger partial charge in [-0.1, -0.05) is 17.7 Å². The first-order valence-corrected chi connectivity index (χ1v) is 6.57. The Bertz CT molecular complexity index is 738. The number of hydrazone groups is 1. The average Bonchev–Trinajstić information content (AvgIpc) is 2.48. The number of nitrogens with one attached hydrogen (secondary N) is 1. The minimum atomic E-state index is -4.53. The van der Waals surface area contributed by atoms with Crippen LogP contribution in [0.2, 0.25) is 0 Å². The number of hydrogen-bond acceptors (Lipinski definition) is 3. The summed E-state index contributed by atoms with van der Waals surface area (Å²) in [7, 11) is 0. The summed E-state index contributed by atoms with van der Waals surface area (Å²) < 4.78 is 37.8. The van der Waals surface area contributed by atoms with Gasteiger partial charge in [0.2, 0.25) is 0 Å². The quantitative estimate of drug-likeness (QED) is 0.671. The summed E-state index contributed by atoms with van der Waals surface area (Å²) in [6.45, 7) is 1.87. The zero-order valence-electron chi connectivity index (χ0n) is 12.1. The van der Waals surface area contributed by atoms with Crippen LogP contribution in [0.15, 0.2) is 47.6 Å². The van der Waals surface area contributed by atoms with Crippen LogP contribution in [0.1, 0.15) is 27.0 Å². The van der Waals surface area contributed by atoms with E-state index in [9.17, 15) is 23.1 Å². The van der Waals surface area contributed by atoms with Crippen LogP contribution >= 0.6 is 0 Å². The van der Waals surface area contributed by atoms with Gasteiger partial charge in [0.25, 0.3) is 5.91 Å². The van der Waals surface area contributed by atoms with Crippen molar-refractivity contribution in [2.45, 2.75) is 13.1 Å². The first kappa shape index (κ1) is 16.5. The number of carbonyl (C=O) groups excluding carboxylic acids is 1.